The number of imidazole rings is 1. The van der Waals surface area contributed by atoms with Gasteiger partial charge in [-0.25, -0.2) is 4.98 Å². The van der Waals surface area contributed by atoms with E-state index in [1.165, 1.54) is 0 Å². The Morgan fingerprint density at radius 1 is 1.22 bits per heavy atom. The number of aromatic amines is 1. The van der Waals surface area contributed by atoms with Crippen LogP contribution in [0.25, 0.3) is 22.2 Å². The molecule has 1 atom stereocenters. The number of amides is 1. The van der Waals surface area contributed by atoms with Gasteiger partial charge in [0, 0.05) is 12.8 Å². The number of fused-ring (bicyclic) bond motifs is 1. The molecule has 0 saturated heterocycles. The molecule has 0 aliphatic heterocycles. The van der Waals surface area contributed by atoms with Crippen LogP contribution in [0.3, 0.4) is 0 Å². The van der Waals surface area contributed by atoms with Crippen LogP contribution in [0.15, 0.2) is 42.5 Å². The largest absolute Gasteiger partial charge is 0.497 e. The minimum atomic E-state index is -0.208. The van der Waals surface area contributed by atoms with Gasteiger partial charge >= 0.3 is 0 Å². The number of quaternary nitrogens is 2. The molecule has 3 rings (SSSR count). The molecule has 8 N–H and O–H groups in total. The number of carbonyl (C=O) groups excluding carboxylic acids is 1. The fourth-order valence-corrected chi connectivity index (χ4v) is 2.94. The van der Waals surface area contributed by atoms with E-state index in [1.54, 1.807) is 7.11 Å². The highest BCUT2D eigenvalue weighted by molar-refractivity contribution is 5.94. The zero-order chi connectivity index (χ0) is 19.2. The number of hydrogen-bond acceptors (Lipinski definition) is 3. The second-order valence-electron chi connectivity index (χ2n) is 6.62. The summed E-state index contributed by atoms with van der Waals surface area (Å²) >= 11 is 0. The van der Waals surface area contributed by atoms with Crippen molar-refractivity contribution in [1.82, 2.24) is 15.3 Å². The summed E-state index contributed by atoms with van der Waals surface area (Å²) in [7, 11) is 1.65. The smallest absolute Gasteiger partial charge is 0.287 e. The Hall–Kier alpha value is -2.90. The molecule has 0 unspecified atom stereocenters. The van der Waals surface area contributed by atoms with E-state index >= 15 is 0 Å². The van der Waals surface area contributed by atoms with Crippen molar-refractivity contribution in [1.29, 1.82) is 0 Å². The van der Waals surface area contributed by atoms with Crippen molar-refractivity contribution in [3.63, 3.8) is 0 Å². The molecule has 0 fully saturated rings. The van der Waals surface area contributed by atoms with E-state index in [0.29, 0.717) is 12.4 Å². The number of methoxy groups -OCH3 is 1. The van der Waals surface area contributed by atoms with Gasteiger partial charge in [0.25, 0.3) is 5.91 Å². The third-order valence-electron chi connectivity index (χ3n) is 4.53. The van der Waals surface area contributed by atoms with Crippen molar-refractivity contribution in [3.05, 3.63) is 48.3 Å². The van der Waals surface area contributed by atoms with Gasteiger partial charge in [-0.05, 0) is 35.4 Å². The lowest BCUT2D eigenvalue weighted by Gasteiger charge is -2.07. The summed E-state index contributed by atoms with van der Waals surface area (Å²) in [6.45, 7) is 1.42. The first kappa shape index (κ1) is 18.9. The molecule has 0 spiro atoms. The van der Waals surface area contributed by atoms with Crippen LogP contribution in [-0.4, -0.2) is 42.1 Å². The molecule has 3 aromatic rings. The van der Waals surface area contributed by atoms with E-state index in [0.717, 1.165) is 47.3 Å². The predicted molar refractivity (Wildman–Crippen MR) is 104 cm³/mol. The van der Waals surface area contributed by atoms with Gasteiger partial charge < -0.3 is 26.5 Å². The summed E-state index contributed by atoms with van der Waals surface area (Å²) in [5, 5.41) is 2.90. The van der Waals surface area contributed by atoms with Crippen molar-refractivity contribution >= 4 is 16.9 Å². The van der Waals surface area contributed by atoms with E-state index in [1.807, 2.05) is 42.5 Å². The maximum atomic E-state index is 12.4. The number of carbonyl (C=O) groups is 1. The fraction of sp³-hybridized carbons (Fsp3) is 0.300. The third-order valence-corrected chi connectivity index (χ3v) is 4.53. The van der Waals surface area contributed by atoms with Crippen LogP contribution in [-0.2, 0) is 0 Å². The molecule has 1 heterocycles. The lowest BCUT2D eigenvalue weighted by molar-refractivity contribution is -0.423. The number of nitrogens with zero attached hydrogens (tertiary/aromatic N) is 1. The molecule has 7 heteroatoms. The Kier molecular flexibility index (Phi) is 6.05. The number of hydrogen-bond donors (Lipinski definition) is 4. The molecule has 0 bridgehead atoms. The Bertz CT molecular complexity index is 904. The Morgan fingerprint density at radius 2 is 1.96 bits per heavy atom. The summed E-state index contributed by atoms with van der Waals surface area (Å²) in [5.41, 5.74) is 11.6. The van der Waals surface area contributed by atoms with Gasteiger partial charge in [0.2, 0.25) is 0 Å². The van der Waals surface area contributed by atoms with Crippen molar-refractivity contribution in [2.75, 3.05) is 20.2 Å². The van der Waals surface area contributed by atoms with Crippen LogP contribution in [0, 0.1) is 0 Å². The van der Waals surface area contributed by atoms with Gasteiger partial charge in [0.1, 0.15) is 11.8 Å². The third kappa shape index (κ3) is 4.64. The molecule has 1 aromatic heterocycles. The van der Waals surface area contributed by atoms with Gasteiger partial charge in [-0.3, -0.25) is 4.79 Å². The maximum Gasteiger partial charge on any atom is 0.287 e. The van der Waals surface area contributed by atoms with Gasteiger partial charge in [0.05, 0.1) is 31.2 Å². The van der Waals surface area contributed by atoms with E-state index in [4.69, 9.17) is 4.74 Å². The fourth-order valence-electron chi connectivity index (χ4n) is 2.94. The molecule has 27 heavy (non-hydrogen) atoms. The van der Waals surface area contributed by atoms with Crippen LogP contribution in [0.2, 0.25) is 0 Å². The highest BCUT2D eigenvalue weighted by Gasteiger charge is 2.14. The van der Waals surface area contributed by atoms with Gasteiger partial charge in [-0.15, -0.1) is 0 Å². The monoisotopic (exact) mass is 369 g/mol. The molecule has 2 aromatic carbocycles. The van der Waals surface area contributed by atoms with Crippen LogP contribution in [0.5, 0.6) is 5.75 Å². The highest BCUT2D eigenvalue weighted by atomic mass is 16.5. The lowest BCUT2D eigenvalue weighted by Crippen LogP contribution is -2.65. The normalized spacial score (nSPS) is 12.1. The average Bonchev–Trinajstić information content (AvgIpc) is 3.14. The topological polar surface area (TPSA) is 122 Å². The second-order valence-corrected chi connectivity index (χ2v) is 6.62. The van der Waals surface area contributed by atoms with Crippen LogP contribution < -0.4 is 21.5 Å². The van der Waals surface area contributed by atoms with E-state index < -0.39 is 0 Å². The van der Waals surface area contributed by atoms with Gasteiger partial charge in [0.15, 0.2) is 5.82 Å². The van der Waals surface area contributed by atoms with E-state index in [2.05, 4.69) is 26.8 Å². The van der Waals surface area contributed by atoms with Crippen LogP contribution in [0.1, 0.15) is 23.5 Å². The number of rotatable bonds is 8. The van der Waals surface area contributed by atoms with Crippen LogP contribution in [0.4, 0.5) is 0 Å². The highest BCUT2D eigenvalue weighted by Crippen LogP contribution is 2.25. The zero-order valence-corrected chi connectivity index (χ0v) is 15.6. The van der Waals surface area contributed by atoms with E-state index in [9.17, 15) is 4.79 Å². The molecule has 0 aliphatic carbocycles. The van der Waals surface area contributed by atoms with Crippen LogP contribution >= 0.6 is 0 Å². The summed E-state index contributed by atoms with van der Waals surface area (Å²) in [6.07, 6.45) is 1.97. The zero-order valence-electron chi connectivity index (χ0n) is 15.6. The average molecular weight is 369 g/mol. The minimum Gasteiger partial charge on any atom is -0.497 e. The Balaban J connectivity index is 1.72. The maximum absolute atomic E-state index is 12.4. The van der Waals surface area contributed by atoms with Crippen molar-refractivity contribution < 1.29 is 21.0 Å². The summed E-state index contributed by atoms with van der Waals surface area (Å²) in [4.78, 5) is 19.9. The summed E-state index contributed by atoms with van der Waals surface area (Å²) in [6, 6.07) is 14.0. The van der Waals surface area contributed by atoms with Crippen molar-refractivity contribution in [2.45, 2.75) is 18.9 Å². The lowest BCUT2D eigenvalue weighted by atomic mass is 10.1. The number of benzene rings is 2. The number of ether oxygens (including phenoxy) is 1. The minimum absolute atomic E-state index is 0.182. The number of aromatic nitrogens is 2. The second kappa shape index (κ2) is 8.66. The Labute approximate surface area is 158 Å². The first-order valence-corrected chi connectivity index (χ1v) is 9.15. The number of H-pyrrole nitrogens is 1. The van der Waals surface area contributed by atoms with Gasteiger partial charge in [-0.2, -0.15) is 0 Å². The van der Waals surface area contributed by atoms with Crippen molar-refractivity contribution in [3.8, 4) is 16.9 Å². The molecule has 0 saturated carbocycles. The first-order chi connectivity index (χ1) is 13.1. The molecule has 0 radical (unpaired) electrons. The molecule has 142 valence electrons. The molecule has 1 amide bonds. The predicted octanol–water partition coefficient (Wildman–Crippen LogP) is 0.601. The Morgan fingerprint density at radius 3 is 2.67 bits per heavy atom. The molecular formula is C20H27N5O2+2. The SMILES string of the molecule is COc1ccc(-c2ccc3nc(C(=O)NC[C@@H]([NH3+])CCC[NH3+])[nH]c3c2)cc1. The number of nitrogens with one attached hydrogen (secondary N) is 2. The summed E-state index contributed by atoms with van der Waals surface area (Å²) in [5.74, 6) is 0.931. The van der Waals surface area contributed by atoms with Gasteiger partial charge in [-0.1, -0.05) is 18.2 Å². The molecule has 7 nitrogen and oxygen atoms in total. The van der Waals surface area contributed by atoms with E-state index in [-0.39, 0.29) is 11.9 Å². The summed E-state index contributed by atoms with van der Waals surface area (Å²) < 4.78 is 5.20. The first-order valence-electron chi connectivity index (χ1n) is 9.15. The standard InChI is InChI=1S/C20H25N5O2/c1-27-16-7-4-13(5-8-16)14-6-9-17-18(11-14)25-19(24-17)20(26)23-12-15(22)3-2-10-21/h4-9,11,15H,2-3,10,12,21-22H2,1H3,(H,23,26)(H,24,25)/p+2/t15-/m0/s1. The quantitative estimate of drug-likeness (QED) is 0.465. The molecular weight excluding hydrogens is 342 g/mol. The van der Waals surface area contributed by atoms with Crippen molar-refractivity contribution in [2.24, 2.45) is 0 Å². The molecule has 0 aliphatic rings.